The van der Waals surface area contributed by atoms with E-state index in [2.05, 4.69) is 16.0 Å². The molecule has 1 aliphatic carbocycles. The van der Waals surface area contributed by atoms with Gasteiger partial charge in [0.15, 0.2) is 11.5 Å². The molecule has 0 unspecified atom stereocenters. The highest BCUT2D eigenvalue weighted by molar-refractivity contribution is 5.92. The lowest BCUT2D eigenvalue weighted by atomic mass is 10.2. The molecule has 2 aromatic carbocycles. The second-order valence-corrected chi connectivity index (χ2v) is 6.94. The third-order valence-corrected chi connectivity index (χ3v) is 4.71. The Balaban J connectivity index is 1.46. The average Bonchev–Trinajstić information content (AvgIpc) is 3.22. The van der Waals surface area contributed by atoms with Crippen molar-refractivity contribution in [3.8, 4) is 11.5 Å². The molecule has 0 saturated heterocycles. The fourth-order valence-electron chi connectivity index (χ4n) is 3.24. The van der Waals surface area contributed by atoms with Crippen LogP contribution in [-0.2, 0) is 4.79 Å². The minimum atomic E-state index is -0.347. The van der Waals surface area contributed by atoms with Gasteiger partial charge in [-0.05, 0) is 49.9 Å². The molecule has 0 spiro atoms. The fourth-order valence-corrected chi connectivity index (χ4v) is 3.24. The summed E-state index contributed by atoms with van der Waals surface area (Å²) in [7, 11) is 1.60. The average molecular weight is 397 g/mol. The van der Waals surface area contributed by atoms with Gasteiger partial charge in [-0.3, -0.25) is 4.79 Å². The summed E-state index contributed by atoms with van der Waals surface area (Å²) in [5.74, 6) is 1.09. The van der Waals surface area contributed by atoms with E-state index in [9.17, 15) is 9.59 Å². The Kier molecular flexibility index (Phi) is 7.33. The van der Waals surface area contributed by atoms with Gasteiger partial charge in [-0.25, -0.2) is 4.79 Å². The maximum Gasteiger partial charge on any atom is 0.319 e. The van der Waals surface area contributed by atoms with Crippen molar-refractivity contribution in [1.29, 1.82) is 0 Å². The molecule has 29 heavy (non-hydrogen) atoms. The first-order chi connectivity index (χ1) is 14.1. The van der Waals surface area contributed by atoms with Crippen LogP contribution in [0.4, 0.5) is 16.2 Å². The van der Waals surface area contributed by atoms with Crippen molar-refractivity contribution in [2.24, 2.45) is 0 Å². The number of hydrogen-bond donors (Lipinski definition) is 3. The van der Waals surface area contributed by atoms with E-state index in [4.69, 9.17) is 9.47 Å². The first-order valence-electron chi connectivity index (χ1n) is 9.88. The standard InChI is InChI=1S/C22H27N3O4/c1-28-19-12-11-17(15-20(19)29-18-9-5-6-10-18)24-21(26)13-14-23-22(27)25-16-7-3-2-4-8-16/h2-4,7-8,11-12,15,18H,5-6,9-10,13-14H2,1H3,(H,24,26)(H2,23,25,27). The van der Waals surface area contributed by atoms with Crippen molar-refractivity contribution >= 4 is 23.3 Å². The lowest BCUT2D eigenvalue weighted by Crippen LogP contribution is -2.31. The minimum Gasteiger partial charge on any atom is -0.493 e. The number of urea groups is 1. The normalized spacial score (nSPS) is 13.6. The number of rotatable bonds is 8. The van der Waals surface area contributed by atoms with Crippen LogP contribution in [0.3, 0.4) is 0 Å². The molecule has 7 heteroatoms. The molecule has 0 radical (unpaired) electrons. The van der Waals surface area contributed by atoms with Crippen LogP contribution in [0, 0.1) is 0 Å². The van der Waals surface area contributed by atoms with Gasteiger partial charge >= 0.3 is 6.03 Å². The summed E-state index contributed by atoms with van der Waals surface area (Å²) in [6.45, 7) is 0.228. The Morgan fingerprint density at radius 2 is 1.72 bits per heavy atom. The maximum atomic E-state index is 12.2. The molecule has 154 valence electrons. The molecule has 0 bridgehead atoms. The number of carbonyl (C=O) groups is 2. The molecular weight excluding hydrogens is 370 g/mol. The first kappa shape index (κ1) is 20.5. The summed E-state index contributed by atoms with van der Waals surface area (Å²) in [6, 6.07) is 14.1. The van der Waals surface area contributed by atoms with Crippen LogP contribution in [0.25, 0.3) is 0 Å². The van der Waals surface area contributed by atoms with Crippen molar-refractivity contribution in [2.45, 2.75) is 38.2 Å². The van der Waals surface area contributed by atoms with E-state index in [1.807, 2.05) is 18.2 Å². The third kappa shape index (κ3) is 6.41. The second-order valence-electron chi connectivity index (χ2n) is 6.94. The van der Waals surface area contributed by atoms with Crippen molar-refractivity contribution in [3.63, 3.8) is 0 Å². The number of para-hydroxylation sites is 1. The fraction of sp³-hybridized carbons (Fsp3) is 0.364. The summed E-state index contributed by atoms with van der Waals surface area (Å²) >= 11 is 0. The smallest absolute Gasteiger partial charge is 0.319 e. The Bertz CT molecular complexity index is 820. The maximum absolute atomic E-state index is 12.2. The van der Waals surface area contributed by atoms with Crippen LogP contribution in [0.5, 0.6) is 11.5 Å². The quantitative estimate of drug-likeness (QED) is 0.624. The third-order valence-electron chi connectivity index (χ3n) is 4.71. The zero-order valence-corrected chi connectivity index (χ0v) is 16.6. The largest absolute Gasteiger partial charge is 0.493 e. The molecule has 1 fully saturated rings. The molecule has 0 atom stereocenters. The lowest BCUT2D eigenvalue weighted by Gasteiger charge is -2.17. The van der Waals surface area contributed by atoms with E-state index >= 15 is 0 Å². The molecule has 3 N–H and O–H groups in total. The number of methoxy groups -OCH3 is 1. The predicted octanol–water partition coefficient (Wildman–Crippen LogP) is 4.17. The van der Waals surface area contributed by atoms with E-state index in [-0.39, 0.29) is 31.0 Å². The zero-order chi connectivity index (χ0) is 20.5. The molecule has 0 aromatic heterocycles. The lowest BCUT2D eigenvalue weighted by molar-refractivity contribution is -0.116. The summed E-state index contributed by atoms with van der Waals surface area (Å²) < 4.78 is 11.4. The van der Waals surface area contributed by atoms with Crippen LogP contribution < -0.4 is 25.4 Å². The summed E-state index contributed by atoms with van der Waals surface area (Å²) in [6.07, 6.45) is 4.78. The SMILES string of the molecule is COc1ccc(NC(=O)CCNC(=O)Nc2ccccc2)cc1OC1CCCC1. The number of anilines is 2. The number of ether oxygens (including phenoxy) is 2. The molecule has 3 rings (SSSR count). The van der Waals surface area contributed by atoms with Crippen LogP contribution in [0.1, 0.15) is 32.1 Å². The van der Waals surface area contributed by atoms with Crippen molar-refractivity contribution < 1.29 is 19.1 Å². The van der Waals surface area contributed by atoms with E-state index in [1.54, 1.807) is 37.4 Å². The number of benzene rings is 2. The van der Waals surface area contributed by atoms with Crippen LogP contribution in [-0.4, -0.2) is 31.7 Å². The molecule has 1 aliphatic rings. The minimum absolute atomic E-state index is 0.160. The van der Waals surface area contributed by atoms with Crippen molar-refractivity contribution in [1.82, 2.24) is 5.32 Å². The number of amides is 3. The van der Waals surface area contributed by atoms with E-state index < -0.39 is 0 Å². The van der Waals surface area contributed by atoms with Crippen molar-refractivity contribution in [2.75, 3.05) is 24.3 Å². The van der Waals surface area contributed by atoms with Gasteiger partial charge in [-0.1, -0.05) is 18.2 Å². The number of carbonyl (C=O) groups excluding carboxylic acids is 2. The van der Waals surface area contributed by atoms with Crippen LogP contribution in [0.2, 0.25) is 0 Å². The highest BCUT2D eigenvalue weighted by Gasteiger charge is 2.19. The van der Waals surface area contributed by atoms with Crippen LogP contribution in [0.15, 0.2) is 48.5 Å². The van der Waals surface area contributed by atoms with E-state index in [1.165, 1.54) is 12.8 Å². The Morgan fingerprint density at radius 1 is 0.966 bits per heavy atom. The van der Waals surface area contributed by atoms with Crippen LogP contribution >= 0.6 is 0 Å². The van der Waals surface area contributed by atoms with E-state index in [0.29, 0.717) is 22.9 Å². The summed E-state index contributed by atoms with van der Waals surface area (Å²) in [4.78, 5) is 24.1. The zero-order valence-electron chi connectivity index (χ0n) is 16.6. The van der Waals surface area contributed by atoms with Gasteiger partial charge in [0.05, 0.1) is 13.2 Å². The van der Waals surface area contributed by atoms with Gasteiger partial charge < -0.3 is 25.4 Å². The number of nitrogens with one attached hydrogen (secondary N) is 3. The highest BCUT2D eigenvalue weighted by Crippen LogP contribution is 2.33. The highest BCUT2D eigenvalue weighted by atomic mass is 16.5. The molecular formula is C22H27N3O4. The first-order valence-corrected chi connectivity index (χ1v) is 9.88. The van der Waals surface area contributed by atoms with E-state index in [0.717, 1.165) is 12.8 Å². The Labute approximate surface area is 170 Å². The molecule has 0 aliphatic heterocycles. The molecule has 7 nitrogen and oxygen atoms in total. The number of hydrogen-bond acceptors (Lipinski definition) is 4. The van der Waals surface area contributed by atoms with Gasteiger partial charge in [0, 0.05) is 30.4 Å². The molecule has 2 aromatic rings. The van der Waals surface area contributed by atoms with Gasteiger partial charge in [0.2, 0.25) is 5.91 Å². The Hall–Kier alpha value is -3.22. The molecule has 1 saturated carbocycles. The van der Waals surface area contributed by atoms with Gasteiger partial charge in [-0.2, -0.15) is 0 Å². The molecule has 3 amide bonds. The predicted molar refractivity (Wildman–Crippen MR) is 113 cm³/mol. The van der Waals surface area contributed by atoms with Gasteiger partial charge in [0.1, 0.15) is 0 Å². The van der Waals surface area contributed by atoms with Crippen molar-refractivity contribution in [3.05, 3.63) is 48.5 Å². The summed E-state index contributed by atoms with van der Waals surface area (Å²) in [5.41, 5.74) is 1.33. The monoisotopic (exact) mass is 397 g/mol. The second kappa shape index (κ2) is 10.4. The topological polar surface area (TPSA) is 88.7 Å². The van der Waals surface area contributed by atoms with Gasteiger partial charge in [-0.15, -0.1) is 0 Å². The molecule has 0 heterocycles. The Morgan fingerprint density at radius 3 is 2.45 bits per heavy atom. The summed E-state index contributed by atoms with van der Waals surface area (Å²) in [5, 5.41) is 8.21. The van der Waals surface area contributed by atoms with Gasteiger partial charge in [0.25, 0.3) is 0 Å².